The maximum Gasteiger partial charge on any atom is 0.0836 e. The van der Waals surface area contributed by atoms with Crippen LogP contribution in [0.4, 0.5) is 0 Å². The van der Waals surface area contributed by atoms with Gasteiger partial charge in [-0.25, -0.2) is 0 Å². The second-order valence-corrected chi connectivity index (χ2v) is 4.40. The topological polar surface area (TPSA) is 40.5 Å². The molecule has 2 nitrogen and oxygen atoms in total. The van der Waals surface area contributed by atoms with Gasteiger partial charge in [0.1, 0.15) is 0 Å². The fourth-order valence-corrected chi connectivity index (χ4v) is 2.01. The molecule has 92 valence electrons. The van der Waals surface area contributed by atoms with Gasteiger partial charge in [-0.3, -0.25) is 0 Å². The van der Waals surface area contributed by atoms with E-state index in [1.165, 1.54) is 0 Å². The lowest BCUT2D eigenvalue weighted by atomic mass is 9.90. The summed E-state index contributed by atoms with van der Waals surface area (Å²) in [4.78, 5) is 0. The summed E-state index contributed by atoms with van der Waals surface area (Å²) in [6.07, 6.45) is 1.56. The Bertz CT molecular complexity index is 433. The molecule has 17 heavy (non-hydrogen) atoms. The van der Waals surface area contributed by atoms with Crippen LogP contribution in [-0.2, 0) is 6.61 Å². The summed E-state index contributed by atoms with van der Waals surface area (Å²) >= 11 is 0. The van der Waals surface area contributed by atoms with Crippen molar-refractivity contribution in [2.45, 2.75) is 33.0 Å². The van der Waals surface area contributed by atoms with Crippen LogP contribution < -0.4 is 0 Å². The highest BCUT2D eigenvalue weighted by molar-refractivity contribution is 5.57. The summed E-state index contributed by atoms with van der Waals surface area (Å²) in [6.45, 7) is 11.3. The van der Waals surface area contributed by atoms with Gasteiger partial charge in [0.05, 0.1) is 12.7 Å². The first-order valence-electron chi connectivity index (χ1n) is 5.69. The number of hydrogen-bond donors (Lipinski definition) is 2. The summed E-state index contributed by atoms with van der Waals surface area (Å²) in [7, 11) is 0. The quantitative estimate of drug-likeness (QED) is 0.766. The minimum absolute atomic E-state index is 0.0733. The number of benzene rings is 1. The molecular formula is C15H20O2. The first-order valence-corrected chi connectivity index (χ1v) is 5.69. The van der Waals surface area contributed by atoms with Crippen molar-refractivity contribution < 1.29 is 10.2 Å². The number of hydrogen-bond acceptors (Lipinski definition) is 2. The maximum absolute atomic E-state index is 10.2. The fourth-order valence-electron chi connectivity index (χ4n) is 2.01. The first-order chi connectivity index (χ1) is 8.01. The van der Waals surface area contributed by atoms with Crippen LogP contribution in [0, 0.1) is 6.92 Å². The van der Waals surface area contributed by atoms with E-state index in [9.17, 15) is 10.2 Å². The Kier molecular flexibility index (Phi) is 4.67. The molecule has 0 radical (unpaired) electrons. The minimum Gasteiger partial charge on any atom is -0.392 e. The van der Waals surface area contributed by atoms with Crippen LogP contribution in [0.25, 0.3) is 6.08 Å². The van der Waals surface area contributed by atoms with E-state index in [1.807, 2.05) is 26.0 Å². The lowest BCUT2D eigenvalue weighted by Crippen LogP contribution is -2.07. The third-order valence-corrected chi connectivity index (χ3v) is 2.88. The molecule has 0 saturated carbocycles. The molecule has 1 aromatic rings. The number of aliphatic hydroxyl groups is 2. The van der Waals surface area contributed by atoms with Crippen molar-refractivity contribution >= 4 is 6.08 Å². The van der Waals surface area contributed by atoms with Crippen molar-refractivity contribution in [1.29, 1.82) is 0 Å². The molecule has 2 heteroatoms. The second-order valence-electron chi connectivity index (χ2n) is 4.40. The van der Waals surface area contributed by atoms with Gasteiger partial charge in [-0.15, -0.1) is 6.58 Å². The first kappa shape index (κ1) is 13.7. The van der Waals surface area contributed by atoms with Crippen molar-refractivity contribution in [1.82, 2.24) is 0 Å². The van der Waals surface area contributed by atoms with Crippen LogP contribution in [0.5, 0.6) is 0 Å². The van der Waals surface area contributed by atoms with Gasteiger partial charge in [-0.05, 0) is 42.5 Å². The number of aliphatic hydroxyl groups excluding tert-OH is 2. The molecule has 1 rings (SSSR count). The van der Waals surface area contributed by atoms with Crippen LogP contribution in [0.1, 0.15) is 41.7 Å². The highest BCUT2D eigenvalue weighted by Crippen LogP contribution is 2.30. The van der Waals surface area contributed by atoms with E-state index in [1.54, 1.807) is 6.08 Å². The molecule has 0 unspecified atom stereocenters. The molecule has 0 amide bonds. The van der Waals surface area contributed by atoms with Crippen LogP contribution in [-0.4, -0.2) is 10.2 Å². The predicted octanol–water partition coefficient (Wildman–Crippen LogP) is 3.13. The SMILES string of the molecule is C=Cc1ccc(C)c(CO)c1[C@@H](O)CC(=C)C. The number of rotatable bonds is 5. The van der Waals surface area contributed by atoms with Crippen molar-refractivity contribution in [2.24, 2.45) is 0 Å². The molecule has 0 saturated heterocycles. The van der Waals surface area contributed by atoms with E-state index in [0.29, 0.717) is 6.42 Å². The largest absolute Gasteiger partial charge is 0.392 e. The normalized spacial score (nSPS) is 12.2. The Hall–Kier alpha value is -1.38. The van der Waals surface area contributed by atoms with Crippen LogP contribution >= 0.6 is 0 Å². The molecule has 0 aliphatic rings. The monoisotopic (exact) mass is 232 g/mol. The fraction of sp³-hybridized carbons (Fsp3) is 0.333. The zero-order valence-corrected chi connectivity index (χ0v) is 10.5. The van der Waals surface area contributed by atoms with Gasteiger partial charge in [-0.1, -0.05) is 30.4 Å². The average molecular weight is 232 g/mol. The van der Waals surface area contributed by atoms with Gasteiger partial charge < -0.3 is 10.2 Å². The van der Waals surface area contributed by atoms with Gasteiger partial charge in [0, 0.05) is 0 Å². The van der Waals surface area contributed by atoms with Crippen molar-refractivity contribution in [3.63, 3.8) is 0 Å². The average Bonchev–Trinajstić information content (AvgIpc) is 2.27. The van der Waals surface area contributed by atoms with E-state index < -0.39 is 6.10 Å². The van der Waals surface area contributed by atoms with Crippen LogP contribution in [0.15, 0.2) is 30.9 Å². The van der Waals surface area contributed by atoms with E-state index in [0.717, 1.165) is 27.8 Å². The molecule has 0 aromatic heterocycles. The zero-order chi connectivity index (χ0) is 13.0. The summed E-state index contributed by atoms with van der Waals surface area (Å²) in [6, 6.07) is 3.85. The Labute approximate surface area is 103 Å². The third kappa shape index (κ3) is 3.05. The van der Waals surface area contributed by atoms with Gasteiger partial charge in [0.15, 0.2) is 0 Å². The van der Waals surface area contributed by atoms with E-state index >= 15 is 0 Å². The highest BCUT2D eigenvalue weighted by Gasteiger charge is 2.17. The maximum atomic E-state index is 10.2. The van der Waals surface area contributed by atoms with E-state index in [4.69, 9.17) is 0 Å². The van der Waals surface area contributed by atoms with Gasteiger partial charge in [0.2, 0.25) is 0 Å². The van der Waals surface area contributed by atoms with E-state index in [-0.39, 0.29) is 6.61 Å². The molecule has 0 aliphatic heterocycles. The number of aryl methyl sites for hydroxylation is 1. The van der Waals surface area contributed by atoms with Crippen LogP contribution in [0.3, 0.4) is 0 Å². The van der Waals surface area contributed by atoms with Crippen LogP contribution in [0.2, 0.25) is 0 Å². The lowest BCUT2D eigenvalue weighted by molar-refractivity contribution is 0.173. The minimum atomic E-state index is -0.637. The van der Waals surface area contributed by atoms with Crippen molar-refractivity contribution in [3.8, 4) is 0 Å². The highest BCUT2D eigenvalue weighted by atomic mass is 16.3. The van der Waals surface area contributed by atoms with Crippen molar-refractivity contribution in [2.75, 3.05) is 0 Å². The predicted molar refractivity (Wildman–Crippen MR) is 71.6 cm³/mol. The lowest BCUT2D eigenvalue weighted by Gasteiger charge is -2.19. The summed E-state index contributed by atoms with van der Waals surface area (Å²) < 4.78 is 0. The molecule has 1 atom stereocenters. The standard InChI is InChI=1S/C15H20O2/c1-5-12-7-6-11(4)13(9-16)15(12)14(17)8-10(2)3/h5-7,14,16-17H,1-2,8-9H2,3-4H3/t14-/m0/s1. The van der Waals surface area contributed by atoms with Gasteiger partial charge >= 0.3 is 0 Å². The summed E-state index contributed by atoms with van der Waals surface area (Å²) in [5, 5.41) is 19.7. The molecule has 1 aromatic carbocycles. The molecule has 0 spiro atoms. The van der Waals surface area contributed by atoms with Gasteiger partial charge in [0.25, 0.3) is 0 Å². The Morgan fingerprint density at radius 2 is 2.12 bits per heavy atom. The molecular weight excluding hydrogens is 212 g/mol. The molecule has 0 heterocycles. The molecule has 2 N–H and O–H groups in total. The third-order valence-electron chi connectivity index (χ3n) is 2.88. The molecule has 0 bridgehead atoms. The second kappa shape index (κ2) is 5.80. The van der Waals surface area contributed by atoms with Crippen molar-refractivity contribution in [3.05, 3.63) is 53.1 Å². The summed E-state index contributed by atoms with van der Waals surface area (Å²) in [5.41, 5.74) is 4.32. The summed E-state index contributed by atoms with van der Waals surface area (Å²) in [5.74, 6) is 0. The Morgan fingerprint density at radius 1 is 1.47 bits per heavy atom. The zero-order valence-electron chi connectivity index (χ0n) is 10.5. The van der Waals surface area contributed by atoms with Gasteiger partial charge in [-0.2, -0.15) is 0 Å². The molecule has 0 aliphatic carbocycles. The van der Waals surface area contributed by atoms with E-state index in [2.05, 4.69) is 13.2 Å². The Balaban J connectivity index is 3.30. The smallest absolute Gasteiger partial charge is 0.0836 e. The Morgan fingerprint density at radius 3 is 2.59 bits per heavy atom. The molecule has 0 fully saturated rings.